The van der Waals surface area contributed by atoms with Crippen molar-refractivity contribution in [3.63, 3.8) is 0 Å². The molecule has 20 heavy (non-hydrogen) atoms. The second-order valence-electron chi connectivity index (χ2n) is 4.30. The molecule has 0 amide bonds. The molecule has 0 aromatic heterocycles. The minimum absolute atomic E-state index is 0.0349. The van der Waals surface area contributed by atoms with Gasteiger partial charge in [0.05, 0.1) is 6.10 Å². The lowest BCUT2D eigenvalue weighted by Crippen LogP contribution is -2.05. The first kappa shape index (κ1) is 14.8. The zero-order valence-corrected chi connectivity index (χ0v) is 11.2. The highest BCUT2D eigenvalue weighted by atomic mass is 35.5. The average Bonchev–Trinajstić information content (AvgIpc) is 2.41. The number of halogens is 3. The third-order valence-corrected chi connectivity index (χ3v) is 3.06. The lowest BCUT2D eigenvalue weighted by Gasteiger charge is -2.13. The summed E-state index contributed by atoms with van der Waals surface area (Å²) in [4.78, 5) is 0. The van der Waals surface area contributed by atoms with Gasteiger partial charge in [-0.25, -0.2) is 0 Å². The highest BCUT2D eigenvalue weighted by molar-refractivity contribution is 6.30. The van der Waals surface area contributed by atoms with E-state index < -0.39 is 12.7 Å². The van der Waals surface area contributed by atoms with Crippen molar-refractivity contribution < 1.29 is 18.6 Å². The van der Waals surface area contributed by atoms with Crippen molar-refractivity contribution in [2.24, 2.45) is 0 Å². The van der Waals surface area contributed by atoms with Gasteiger partial charge >= 0.3 is 6.61 Å². The SMILES string of the molecule is OC(Cc1ccc(Cl)cc1)c1cccc(OC(F)F)c1. The predicted octanol–water partition coefficient (Wildman–Crippen LogP) is 4.22. The number of hydrogen-bond acceptors (Lipinski definition) is 2. The van der Waals surface area contributed by atoms with Crippen molar-refractivity contribution in [1.29, 1.82) is 0 Å². The Morgan fingerprint density at radius 3 is 2.45 bits per heavy atom. The molecule has 2 aromatic carbocycles. The van der Waals surface area contributed by atoms with Gasteiger partial charge in [-0.3, -0.25) is 0 Å². The van der Waals surface area contributed by atoms with E-state index in [-0.39, 0.29) is 5.75 Å². The van der Waals surface area contributed by atoms with Gasteiger partial charge in [0.1, 0.15) is 5.75 Å². The Hall–Kier alpha value is -1.65. The minimum atomic E-state index is -2.88. The number of rotatable bonds is 5. The summed E-state index contributed by atoms with van der Waals surface area (Å²) in [5.74, 6) is 0.0349. The zero-order valence-electron chi connectivity index (χ0n) is 10.5. The van der Waals surface area contributed by atoms with Crippen molar-refractivity contribution in [3.05, 3.63) is 64.7 Å². The molecule has 1 N–H and O–H groups in total. The van der Waals surface area contributed by atoms with Crippen LogP contribution in [0.15, 0.2) is 48.5 Å². The molecule has 1 atom stereocenters. The van der Waals surface area contributed by atoms with E-state index in [0.717, 1.165) is 5.56 Å². The zero-order chi connectivity index (χ0) is 14.5. The Kier molecular flexibility index (Phi) is 4.93. The van der Waals surface area contributed by atoms with Crippen LogP contribution in [0.3, 0.4) is 0 Å². The molecule has 1 unspecified atom stereocenters. The first-order valence-electron chi connectivity index (χ1n) is 6.02. The van der Waals surface area contributed by atoms with Crippen LogP contribution in [0, 0.1) is 0 Å². The molecular weight excluding hydrogens is 286 g/mol. The van der Waals surface area contributed by atoms with Crippen LogP contribution < -0.4 is 4.74 Å². The van der Waals surface area contributed by atoms with Crippen molar-refractivity contribution in [2.45, 2.75) is 19.1 Å². The Morgan fingerprint density at radius 1 is 1.10 bits per heavy atom. The topological polar surface area (TPSA) is 29.5 Å². The predicted molar refractivity (Wildman–Crippen MR) is 73.2 cm³/mol. The maximum atomic E-state index is 12.1. The molecule has 0 saturated heterocycles. The van der Waals surface area contributed by atoms with Gasteiger partial charge in [-0.05, 0) is 35.4 Å². The number of aliphatic hydroxyl groups excluding tert-OH is 1. The van der Waals surface area contributed by atoms with Gasteiger partial charge < -0.3 is 9.84 Å². The number of benzene rings is 2. The smallest absolute Gasteiger partial charge is 0.387 e. The Morgan fingerprint density at radius 2 is 1.80 bits per heavy atom. The molecule has 0 aliphatic rings. The fourth-order valence-corrected chi connectivity index (χ4v) is 1.99. The first-order valence-corrected chi connectivity index (χ1v) is 6.39. The monoisotopic (exact) mass is 298 g/mol. The largest absolute Gasteiger partial charge is 0.435 e. The Labute approximate surface area is 120 Å². The third-order valence-electron chi connectivity index (χ3n) is 2.81. The molecule has 0 saturated carbocycles. The molecule has 0 aliphatic heterocycles. The summed E-state index contributed by atoms with van der Waals surface area (Å²) in [6.07, 6.45) is -0.424. The van der Waals surface area contributed by atoms with Crippen LogP contribution in [0.2, 0.25) is 5.02 Å². The third kappa shape index (κ3) is 4.18. The lowest BCUT2D eigenvalue weighted by molar-refractivity contribution is -0.0499. The van der Waals surface area contributed by atoms with E-state index in [1.165, 1.54) is 12.1 Å². The number of alkyl halides is 2. The van der Waals surface area contributed by atoms with Gasteiger partial charge in [-0.2, -0.15) is 8.78 Å². The van der Waals surface area contributed by atoms with E-state index >= 15 is 0 Å². The summed E-state index contributed by atoms with van der Waals surface area (Å²) in [5.41, 5.74) is 1.43. The standard InChI is InChI=1S/C15H13ClF2O2/c16-12-6-4-10(5-7-12)8-14(19)11-2-1-3-13(9-11)20-15(17)18/h1-7,9,14-15,19H,8H2. The quantitative estimate of drug-likeness (QED) is 0.895. The lowest BCUT2D eigenvalue weighted by atomic mass is 10.0. The summed E-state index contributed by atoms with van der Waals surface area (Å²) in [5, 5.41) is 10.7. The van der Waals surface area contributed by atoms with Crippen LogP contribution >= 0.6 is 11.6 Å². The molecule has 0 fully saturated rings. The van der Waals surface area contributed by atoms with Gasteiger partial charge in [-0.1, -0.05) is 35.9 Å². The molecular formula is C15H13ClF2O2. The molecule has 0 aliphatic carbocycles. The molecule has 2 aromatic rings. The van der Waals surface area contributed by atoms with Gasteiger partial charge in [0.25, 0.3) is 0 Å². The van der Waals surface area contributed by atoms with Gasteiger partial charge in [0, 0.05) is 11.4 Å². The van der Waals surface area contributed by atoms with E-state index in [0.29, 0.717) is 17.0 Å². The summed E-state index contributed by atoms with van der Waals surface area (Å²) in [7, 11) is 0. The van der Waals surface area contributed by atoms with Crippen molar-refractivity contribution in [1.82, 2.24) is 0 Å². The van der Waals surface area contributed by atoms with E-state index in [1.54, 1.807) is 24.3 Å². The maximum absolute atomic E-state index is 12.1. The van der Waals surface area contributed by atoms with Gasteiger partial charge in [0.15, 0.2) is 0 Å². The molecule has 0 bridgehead atoms. The van der Waals surface area contributed by atoms with Crippen LogP contribution in [0.1, 0.15) is 17.2 Å². The molecule has 0 radical (unpaired) electrons. The van der Waals surface area contributed by atoms with E-state index in [9.17, 15) is 13.9 Å². The number of ether oxygens (including phenoxy) is 1. The highest BCUT2D eigenvalue weighted by Crippen LogP contribution is 2.24. The van der Waals surface area contributed by atoms with E-state index in [4.69, 9.17) is 11.6 Å². The van der Waals surface area contributed by atoms with Gasteiger partial charge in [-0.15, -0.1) is 0 Å². The summed E-state index contributed by atoms with van der Waals surface area (Å²) in [6.45, 7) is -2.88. The first-order chi connectivity index (χ1) is 9.54. The van der Waals surface area contributed by atoms with Crippen molar-refractivity contribution >= 4 is 11.6 Å². The molecule has 5 heteroatoms. The minimum Gasteiger partial charge on any atom is -0.435 e. The number of hydrogen-bond donors (Lipinski definition) is 1. The highest BCUT2D eigenvalue weighted by Gasteiger charge is 2.11. The molecule has 2 nitrogen and oxygen atoms in total. The van der Waals surface area contributed by atoms with Crippen LogP contribution in [0.4, 0.5) is 8.78 Å². The van der Waals surface area contributed by atoms with Crippen LogP contribution in [-0.2, 0) is 6.42 Å². The second kappa shape index (κ2) is 6.68. The molecule has 2 rings (SSSR count). The second-order valence-corrected chi connectivity index (χ2v) is 4.73. The summed E-state index contributed by atoms with van der Waals surface area (Å²) >= 11 is 5.78. The molecule has 0 spiro atoms. The van der Waals surface area contributed by atoms with Gasteiger partial charge in [0.2, 0.25) is 0 Å². The Balaban J connectivity index is 2.08. The average molecular weight is 299 g/mol. The van der Waals surface area contributed by atoms with Crippen LogP contribution in [-0.4, -0.2) is 11.7 Å². The number of aliphatic hydroxyl groups is 1. The van der Waals surface area contributed by atoms with E-state index in [1.807, 2.05) is 12.1 Å². The van der Waals surface area contributed by atoms with Crippen LogP contribution in [0.5, 0.6) is 5.75 Å². The fourth-order valence-electron chi connectivity index (χ4n) is 1.86. The Bertz CT molecular complexity index is 558. The normalized spacial score (nSPS) is 12.4. The maximum Gasteiger partial charge on any atom is 0.387 e. The fraction of sp³-hybridized carbons (Fsp3) is 0.200. The molecule has 0 heterocycles. The summed E-state index contributed by atoms with van der Waals surface area (Å²) in [6, 6.07) is 13.2. The van der Waals surface area contributed by atoms with E-state index in [2.05, 4.69) is 4.74 Å². The summed E-state index contributed by atoms with van der Waals surface area (Å²) < 4.78 is 28.6. The van der Waals surface area contributed by atoms with Crippen LogP contribution in [0.25, 0.3) is 0 Å². The van der Waals surface area contributed by atoms with Crippen molar-refractivity contribution in [2.75, 3.05) is 0 Å². The van der Waals surface area contributed by atoms with Crippen molar-refractivity contribution in [3.8, 4) is 5.75 Å². The molecule has 106 valence electrons.